The number of nitrogens with two attached hydrogens (primary N) is 1. The molecule has 1 fully saturated rings. The van der Waals surface area contributed by atoms with Gasteiger partial charge >= 0.3 is 7.82 Å². The number of benzene rings is 1. The van der Waals surface area contributed by atoms with Gasteiger partial charge in [0.15, 0.2) is 11.5 Å². The quantitative estimate of drug-likeness (QED) is 0.446. The molecule has 0 bridgehead atoms. The van der Waals surface area contributed by atoms with Crippen molar-refractivity contribution in [2.75, 3.05) is 26.1 Å². The standard InChI is InChI=1S/C18H22N5O6P/c1-27-12-2-4-13(5-3-12)29-30(25,26)28-8-14-11(7-24)6-15(14)23-10-22-16-17(19)20-9-21-18(16)23/h2-5,9-11,14-15,24H,6-8H2,1H3,(H,25,26)(H2,19,20,21)/t11-,14-,15-/m1/s1. The number of methoxy groups -OCH3 is 1. The lowest BCUT2D eigenvalue weighted by Gasteiger charge is -2.44. The Hall–Kier alpha value is -2.72. The molecule has 12 heteroatoms. The van der Waals surface area contributed by atoms with E-state index in [-0.39, 0.29) is 42.7 Å². The van der Waals surface area contributed by atoms with E-state index in [1.54, 1.807) is 18.5 Å². The Bertz CT molecular complexity index is 1070. The lowest BCUT2D eigenvalue weighted by molar-refractivity contribution is -0.00476. The smallest absolute Gasteiger partial charge is 0.497 e. The highest BCUT2D eigenvalue weighted by Crippen LogP contribution is 2.50. The molecule has 3 aromatic rings. The first-order valence-corrected chi connectivity index (χ1v) is 10.8. The molecule has 1 saturated carbocycles. The molecular formula is C18H22N5O6P. The summed E-state index contributed by atoms with van der Waals surface area (Å²) in [6, 6.07) is 6.11. The Morgan fingerprint density at radius 1 is 1.23 bits per heavy atom. The summed E-state index contributed by atoms with van der Waals surface area (Å²) in [6.45, 7) is -0.149. The number of rotatable bonds is 8. The van der Waals surface area contributed by atoms with Crippen LogP contribution in [0, 0.1) is 11.8 Å². The van der Waals surface area contributed by atoms with Gasteiger partial charge in [-0.1, -0.05) is 0 Å². The predicted molar refractivity (Wildman–Crippen MR) is 107 cm³/mol. The number of phosphoric ester groups is 1. The predicted octanol–water partition coefficient (Wildman–Crippen LogP) is 1.78. The van der Waals surface area contributed by atoms with Crippen LogP contribution in [0.15, 0.2) is 36.9 Å². The Labute approximate surface area is 172 Å². The highest BCUT2D eigenvalue weighted by Gasteiger charge is 2.44. The van der Waals surface area contributed by atoms with Crippen molar-refractivity contribution in [3.05, 3.63) is 36.9 Å². The lowest BCUT2D eigenvalue weighted by atomic mass is 9.70. The molecule has 4 rings (SSSR count). The third-order valence-corrected chi connectivity index (χ3v) is 6.25. The van der Waals surface area contributed by atoms with Crippen molar-refractivity contribution in [2.45, 2.75) is 12.5 Å². The number of nitrogens with zero attached hydrogens (tertiary/aromatic N) is 4. The second-order valence-electron chi connectivity index (χ2n) is 7.02. The summed E-state index contributed by atoms with van der Waals surface area (Å²) in [6.07, 6.45) is 3.61. The van der Waals surface area contributed by atoms with Gasteiger partial charge in [-0.05, 0) is 36.6 Å². The van der Waals surface area contributed by atoms with Crippen LogP contribution in [0.5, 0.6) is 11.5 Å². The van der Waals surface area contributed by atoms with E-state index >= 15 is 0 Å². The number of anilines is 1. The third-order valence-electron chi connectivity index (χ3n) is 5.33. The molecule has 2 aromatic heterocycles. The summed E-state index contributed by atoms with van der Waals surface area (Å²) in [5.41, 5.74) is 6.89. The lowest BCUT2D eigenvalue weighted by Crippen LogP contribution is -2.43. The van der Waals surface area contributed by atoms with Crippen LogP contribution < -0.4 is 15.0 Å². The van der Waals surface area contributed by atoms with Crippen LogP contribution in [-0.2, 0) is 9.09 Å². The number of aliphatic hydroxyl groups is 1. The summed E-state index contributed by atoms with van der Waals surface area (Å²) in [5.74, 6) is 0.725. The molecule has 2 heterocycles. The van der Waals surface area contributed by atoms with Gasteiger partial charge in [0.2, 0.25) is 0 Å². The van der Waals surface area contributed by atoms with Crippen molar-refractivity contribution in [1.82, 2.24) is 19.5 Å². The molecule has 30 heavy (non-hydrogen) atoms. The van der Waals surface area contributed by atoms with Gasteiger partial charge in [-0.3, -0.25) is 9.42 Å². The van der Waals surface area contributed by atoms with Crippen LogP contribution in [0.2, 0.25) is 0 Å². The Balaban J connectivity index is 1.46. The molecule has 11 nitrogen and oxygen atoms in total. The van der Waals surface area contributed by atoms with E-state index in [4.69, 9.17) is 19.5 Å². The Morgan fingerprint density at radius 2 is 1.97 bits per heavy atom. The van der Waals surface area contributed by atoms with E-state index in [2.05, 4.69) is 15.0 Å². The van der Waals surface area contributed by atoms with Crippen molar-refractivity contribution in [3.63, 3.8) is 0 Å². The van der Waals surface area contributed by atoms with Crippen LogP contribution in [0.25, 0.3) is 11.2 Å². The van der Waals surface area contributed by atoms with Gasteiger partial charge in [-0.15, -0.1) is 0 Å². The monoisotopic (exact) mass is 435 g/mol. The van der Waals surface area contributed by atoms with E-state index < -0.39 is 7.82 Å². The van der Waals surface area contributed by atoms with Gasteiger partial charge in [0, 0.05) is 18.6 Å². The molecule has 1 aliphatic rings. The fraction of sp³-hybridized carbons (Fsp3) is 0.389. The summed E-state index contributed by atoms with van der Waals surface area (Å²) < 4.78 is 29.6. The first-order valence-electron chi connectivity index (χ1n) is 9.26. The molecule has 0 radical (unpaired) electrons. The second kappa shape index (κ2) is 8.19. The van der Waals surface area contributed by atoms with E-state index in [1.807, 2.05) is 4.57 Å². The SMILES string of the molecule is COc1ccc(OP(=O)(O)OC[C@@H]2[C@@H](CO)C[C@H]2n2cnc3c(N)ncnc32)cc1. The number of hydrogen-bond donors (Lipinski definition) is 3. The maximum Gasteiger partial charge on any atom is 0.527 e. The van der Waals surface area contributed by atoms with Gasteiger partial charge in [0.25, 0.3) is 0 Å². The summed E-state index contributed by atoms with van der Waals surface area (Å²) in [5, 5.41) is 9.64. The van der Waals surface area contributed by atoms with E-state index in [9.17, 15) is 14.6 Å². The number of aromatic nitrogens is 4. The largest absolute Gasteiger partial charge is 0.527 e. The van der Waals surface area contributed by atoms with E-state index in [1.165, 1.54) is 25.6 Å². The number of aliphatic hydroxyl groups excluding tert-OH is 1. The molecule has 0 amide bonds. The highest BCUT2D eigenvalue weighted by molar-refractivity contribution is 7.47. The minimum absolute atomic E-state index is 0.0661. The van der Waals surface area contributed by atoms with Gasteiger partial charge < -0.3 is 24.7 Å². The van der Waals surface area contributed by atoms with Crippen LogP contribution in [0.1, 0.15) is 12.5 Å². The van der Waals surface area contributed by atoms with Crippen molar-refractivity contribution in [2.24, 2.45) is 11.8 Å². The average Bonchev–Trinajstić information content (AvgIpc) is 3.13. The van der Waals surface area contributed by atoms with Gasteiger partial charge in [-0.2, -0.15) is 0 Å². The fourth-order valence-corrected chi connectivity index (χ4v) is 4.45. The number of hydrogen-bond acceptors (Lipinski definition) is 9. The summed E-state index contributed by atoms with van der Waals surface area (Å²) in [7, 11) is -2.84. The molecule has 0 saturated heterocycles. The molecule has 0 aliphatic heterocycles. The summed E-state index contributed by atoms with van der Waals surface area (Å²) in [4.78, 5) is 22.5. The van der Waals surface area contributed by atoms with Crippen LogP contribution >= 0.6 is 7.82 Å². The first-order chi connectivity index (χ1) is 14.4. The minimum atomic E-state index is -4.36. The summed E-state index contributed by atoms with van der Waals surface area (Å²) >= 11 is 0. The average molecular weight is 435 g/mol. The van der Waals surface area contributed by atoms with Crippen LogP contribution in [0.3, 0.4) is 0 Å². The van der Waals surface area contributed by atoms with E-state index in [0.29, 0.717) is 23.3 Å². The van der Waals surface area contributed by atoms with E-state index in [0.717, 1.165) is 0 Å². The fourth-order valence-electron chi connectivity index (χ4n) is 3.64. The Morgan fingerprint density at radius 3 is 2.67 bits per heavy atom. The molecule has 1 unspecified atom stereocenters. The number of ether oxygens (including phenoxy) is 1. The van der Waals surface area contributed by atoms with Crippen molar-refractivity contribution in [3.8, 4) is 11.5 Å². The number of phosphoric acid groups is 1. The zero-order valence-corrected chi connectivity index (χ0v) is 17.1. The zero-order chi connectivity index (χ0) is 21.3. The van der Waals surface area contributed by atoms with Gasteiger partial charge in [0.1, 0.15) is 23.3 Å². The zero-order valence-electron chi connectivity index (χ0n) is 16.2. The minimum Gasteiger partial charge on any atom is -0.497 e. The second-order valence-corrected chi connectivity index (χ2v) is 8.40. The van der Waals surface area contributed by atoms with Gasteiger partial charge in [0.05, 0.1) is 20.0 Å². The Kier molecular flexibility index (Phi) is 5.61. The third kappa shape index (κ3) is 3.97. The maximum atomic E-state index is 12.4. The van der Waals surface area contributed by atoms with Gasteiger partial charge in [-0.25, -0.2) is 19.5 Å². The highest BCUT2D eigenvalue weighted by atomic mass is 31.2. The van der Waals surface area contributed by atoms with Crippen LogP contribution in [-0.4, -0.2) is 49.8 Å². The topological polar surface area (TPSA) is 155 Å². The molecule has 1 aliphatic carbocycles. The van der Waals surface area contributed by atoms with Crippen LogP contribution in [0.4, 0.5) is 5.82 Å². The normalized spacial score (nSPS) is 23.0. The maximum absolute atomic E-state index is 12.4. The molecule has 4 N–H and O–H groups in total. The number of fused-ring (bicyclic) bond motifs is 1. The molecule has 4 atom stereocenters. The molecule has 1 aromatic carbocycles. The van der Waals surface area contributed by atoms with Crippen molar-refractivity contribution in [1.29, 1.82) is 0 Å². The van der Waals surface area contributed by atoms with Crippen molar-refractivity contribution < 1.29 is 28.3 Å². The first kappa shape index (κ1) is 20.5. The molecular weight excluding hydrogens is 413 g/mol. The van der Waals surface area contributed by atoms with Crippen molar-refractivity contribution >= 4 is 24.8 Å². The number of imidazole rings is 1. The molecule has 0 spiro atoms. The molecule has 160 valence electrons. The number of nitrogen functional groups attached to an aromatic ring is 1.